The fraction of sp³-hybridized carbons (Fsp3) is 0.125. The van der Waals surface area contributed by atoms with Crippen molar-refractivity contribution in [2.24, 2.45) is 5.73 Å². The Kier molecular flexibility index (Phi) is 4.08. The molecule has 1 atom stereocenters. The quantitative estimate of drug-likeness (QED) is 0.829. The lowest BCUT2D eigenvalue weighted by molar-refractivity contribution is -0.128. The highest BCUT2D eigenvalue weighted by Gasteiger charge is 2.25. The zero-order chi connectivity index (χ0) is 13.7. The molecule has 0 aliphatic heterocycles. The van der Waals surface area contributed by atoms with Crippen molar-refractivity contribution >= 4 is 11.7 Å². The van der Waals surface area contributed by atoms with Gasteiger partial charge in [-0.3, -0.25) is 9.59 Å². The monoisotopic (exact) mass is 253 g/mol. The molecular weight excluding hydrogens is 238 g/mol. The third kappa shape index (κ3) is 3.28. The van der Waals surface area contributed by atoms with Crippen LogP contribution in [-0.4, -0.2) is 11.7 Å². The molecule has 0 aromatic heterocycles. The molecule has 0 heterocycles. The van der Waals surface area contributed by atoms with E-state index in [-0.39, 0.29) is 12.2 Å². The molecule has 3 nitrogen and oxygen atoms in total. The Labute approximate surface area is 112 Å². The van der Waals surface area contributed by atoms with Gasteiger partial charge in [-0.15, -0.1) is 0 Å². The minimum atomic E-state index is -0.874. The van der Waals surface area contributed by atoms with Gasteiger partial charge >= 0.3 is 0 Å². The zero-order valence-electron chi connectivity index (χ0n) is 10.5. The molecule has 0 aliphatic rings. The van der Waals surface area contributed by atoms with Crippen molar-refractivity contribution in [3.05, 3.63) is 71.8 Å². The molecule has 3 heteroatoms. The van der Waals surface area contributed by atoms with E-state index in [1.165, 1.54) is 0 Å². The van der Waals surface area contributed by atoms with Crippen molar-refractivity contribution in [2.45, 2.75) is 12.3 Å². The second-order valence-corrected chi connectivity index (χ2v) is 4.37. The van der Waals surface area contributed by atoms with Crippen LogP contribution in [-0.2, 0) is 16.0 Å². The topological polar surface area (TPSA) is 60.2 Å². The number of amides is 1. The number of hydrogen-bond acceptors (Lipinski definition) is 2. The second kappa shape index (κ2) is 5.96. The number of rotatable bonds is 5. The summed E-state index contributed by atoms with van der Waals surface area (Å²) in [6.07, 6.45) is 0.212. The third-order valence-electron chi connectivity index (χ3n) is 2.96. The van der Waals surface area contributed by atoms with Crippen LogP contribution in [0, 0.1) is 0 Å². The molecule has 96 valence electrons. The highest BCUT2D eigenvalue weighted by Crippen LogP contribution is 2.18. The van der Waals surface area contributed by atoms with Gasteiger partial charge in [-0.2, -0.15) is 0 Å². The zero-order valence-corrected chi connectivity index (χ0v) is 10.5. The molecule has 0 aliphatic carbocycles. The summed E-state index contributed by atoms with van der Waals surface area (Å²) in [5.41, 5.74) is 6.90. The van der Waals surface area contributed by atoms with Crippen LogP contribution in [0.3, 0.4) is 0 Å². The van der Waals surface area contributed by atoms with E-state index < -0.39 is 11.8 Å². The first kappa shape index (κ1) is 13.0. The van der Waals surface area contributed by atoms with Gasteiger partial charge in [0.25, 0.3) is 0 Å². The molecule has 1 amide bonds. The van der Waals surface area contributed by atoms with Crippen molar-refractivity contribution < 1.29 is 9.59 Å². The summed E-state index contributed by atoms with van der Waals surface area (Å²) < 4.78 is 0. The van der Waals surface area contributed by atoms with Crippen molar-refractivity contribution in [1.82, 2.24) is 0 Å². The summed E-state index contributed by atoms with van der Waals surface area (Å²) in [4.78, 5) is 23.8. The van der Waals surface area contributed by atoms with E-state index in [1.54, 1.807) is 24.3 Å². The molecule has 0 radical (unpaired) electrons. The van der Waals surface area contributed by atoms with Gasteiger partial charge in [0.05, 0.1) is 0 Å². The van der Waals surface area contributed by atoms with Gasteiger partial charge in [-0.05, 0) is 11.1 Å². The number of carbonyl (C=O) groups is 2. The Bertz CT molecular complexity index is 564. The van der Waals surface area contributed by atoms with Gasteiger partial charge in [0.15, 0.2) is 5.78 Å². The number of ketones is 1. The van der Waals surface area contributed by atoms with Crippen LogP contribution in [0.2, 0.25) is 0 Å². The van der Waals surface area contributed by atoms with Gasteiger partial charge < -0.3 is 5.73 Å². The van der Waals surface area contributed by atoms with Crippen LogP contribution in [0.4, 0.5) is 0 Å². The number of Topliss-reactive ketones (excluding diaryl/α,β-unsaturated/α-hetero) is 1. The van der Waals surface area contributed by atoms with Crippen LogP contribution < -0.4 is 5.73 Å². The largest absolute Gasteiger partial charge is 0.369 e. The molecule has 1 unspecified atom stereocenters. The Morgan fingerprint density at radius 1 is 0.895 bits per heavy atom. The minimum Gasteiger partial charge on any atom is -0.369 e. The Morgan fingerprint density at radius 3 is 1.95 bits per heavy atom. The lowest BCUT2D eigenvalue weighted by Gasteiger charge is -2.12. The smallest absolute Gasteiger partial charge is 0.232 e. The number of benzene rings is 2. The summed E-state index contributed by atoms with van der Waals surface area (Å²) in [5, 5.41) is 0. The molecule has 2 aromatic carbocycles. The fourth-order valence-electron chi connectivity index (χ4n) is 2.05. The summed E-state index contributed by atoms with van der Waals surface area (Å²) in [6.45, 7) is 0. The molecular formula is C16H15NO2. The average molecular weight is 253 g/mol. The highest BCUT2D eigenvalue weighted by molar-refractivity contribution is 6.06. The number of hydrogen-bond donors (Lipinski definition) is 1. The van der Waals surface area contributed by atoms with E-state index in [0.717, 1.165) is 5.56 Å². The van der Waals surface area contributed by atoms with Gasteiger partial charge in [0.2, 0.25) is 5.91 Å². The van der Waals surface area contributed by atoms with Crippen molar-refractivity contribution in [3.8, 4) is 0 Å². The summed E-state index contributed by atoms with van der Waals surface area (Å²) in [5.74, 6) is -1.65. The maximum absolute atomic E-state index is 12.3. The minimum absolute atomic E-state index is 0.176. The molecule has 2 rings (SSSR count). The van der Waals surface area contributed by atoms with Crippen molar-refractivity contribution in [2.75, 3.05) is 0 Å². The van der Waals surface area contributed by atoms with Crippen LogP contribution in [0.1, 0.15) is 17.0 Å². The van der Waals surface area contributed by atoms with Crippen molar-refractivity contribution in [3.63, 3.8) is 0 Å². The van der Waals surface area contributed by atoms with Gasteiger partial charge in [0, 0.05) is 6.42 Å². The van der Waals surface area contributed by atoms with Crippen molar-refractivity contribution in [1.29, 1.82) is 0 Å². The van der Waals surface area contributed by atoms with Crippen LogP contribution in [0.5, 0.6) is 0 Å². The van der Waals surface area contributed by atoms with Crippen LogP contribution >= 0.6 is 0 Å². The number of carbonyl (C=O) groups excluding carboxylic acids is 2. The highest BCUT2D eigenvalue weighted by atomic mass is 16.2. The van der Waals surface area contributed by atoms with Gasteiger partial charge in [-0.1, -0.05) is 60.7 Å². The van der Waals surface area contributed by atoms with E-state index in [2.05, 4.69) is 0 Å². The molecule has 0 fully saturated rings. The predicted octanol–water partition coefficient (Wildman–Crippen LogP) is 2.07. The maximum atomic E-state index is 12.3. The van der Waals surface area contributed by atoms with Gasteiger partial charge in [0.1, 0.15) is 5.92 Å². The van der Waals surface area contributed by atoms with Gasteiger partial charge in [-0.25, -0.2) is 0 Å². The van der Waals surface area contributed by atoms with E-state index in [9.17, 15) is 9.59 Å². The van der Waals surface area contributed by atoms with E-state index in [0.29, 0.717) is 5.56 Å². The molecule has 0 saturated carbocycles. The van der Waals surface area contributed by atoms with E-state index in [4.69, 9.17) is 5.73 Å². The Hall–Kier alpha value is -2.42. The summed E-state index contributed by atoms with van der Waals surface area (Å²) >= 11 is 0. The summed E-state index contributed by atoms with van der Waals surface area (Å²) in [6, 6.07) is 18.3. The molecule has 2 N–H and O–H groups in total. The van der Waals surface area contributed by atoms with Crippen LogP contribution in [0.15, 0.2) is 60.7 Å². The lowest BCUT2D eigenvalue weighted by atomic mass is 9.90. The predicted molar refractivity (Wildman–Crippen MR) is 73.5 cm³/mol. The number of primary amides is 1. The van der Waals surface area contributed by atoms with Crippen LogP contribution in [0.25, 0.3) is 0 Å². The first-order valence-corrected chi connectivity index (χ1v) is 6.09. The van der Waals surface area contributed by atoms with E-state index >= 15 is 0 Å². The third-order valence-corrected chi connectivity index (χ3v) is 2.96. The normalized spacial score (nSPS) is 11.8. The molecule has 0 spiro atoms. The molecule has 0 saturated heterocycles. The number of nitrogens with two attached hydrogens (primary N) is 1. The fourth-order valence-corrected chi connectivity index (χ4v) is 2.05. The second-order valence-electron chi connectivity index (χ2n) is 4.37. The molecule has 19 heavy (non-hydrogen) atoms. The first-order valence-electron chi connectivity index (χ1n) is 6.09. The average Bonchev–Trinajstić information content (AvgIpc) is 2.40. The molecule has 0 bridgehead atoms. The maximum Gasteiger partial charge on any atom is 0.232 e. The lowest BCUT2D eigenvalue weighted by Crippen LogP contribution is -2.29. The summed E-state index contributed by atoms with van der Waals surface area (Å²) in [7, 11) is 0. The molecule has 2 aromatic rings. The van der Waals surface area contributed by atoms with E-state index in [1.807, 2.05) is 36.4 Å². The standard InChI is InChI=1S/C16H15NO2/c17-16(19)15(13-9-5-2-6-10-13)14(18)11-12-7-3-1-4-8-12/h1-10,15H,11H2,(H2,17,19). The first-order chi connectivity index (χ1) is 9.18. The SMILES string of the molecule is NC(=O)C(C(=O)Cc1ccccc1)c1ccccc1. The Morgan fingerprint density at radius 2 is 1.42 bits per heavy atom. The Balaban J connectivity index is 2.21.